The van der Waals surface area contributed by atoms with E-state index in [1.165, 1.54) is 0 Å². The van der Waals surface area contributed by atoms with E-state index in [0.29, 0.717) is 5.56 Å². The monoisotopic (exact) mass is 323 g/mol. The maximum atomic E-state index is 12.2. The highest BCUT2D eigenvalue weighted by Crippen LogP contribution is 2.15. The lowest BCUT2D eigenvalue weighted by Gasteiger charge is -2.04. The van der Waals surface area contributed by atoms with Crippen LogP contribution in [0.5, 0.6) is 0 Å². The zero-order valence-corrected chi connectivity index (χ0v) is 13.1. The molecule has 0 bridgehead atoms. The Hall–Kier alpha value is -2.22. The number of rotatable bonds is 6. The number of hydrogen-bond acceptors (Lipinski definition) is 6. The first kappa shape index (κ1) is 16.2. The quantitative estimate of drug-likeness (QED) is 0.860. The standard InChI is InChI=1S/C14H17N3O4S/c1-10(2)13(18)15-8-12-16-17-14(21-12)22(19,20)9-11-6-4-3-5-7-11/h3-7,10H,8-9H2,1-2H3,(H,15,18). The van der Waals surface area contributed by atoms with Gasteiger partial charge >= 0.3 is 5.22 Å². The lowest BCUT2D eigenvalue weighted by Crippen LogP contribution is -2.27. The summed E-state index contributed by atoms with van der Waals surface area (Å²) in [5.41, 5.74) is 0.635. The summed E-state index contributed by atoms with van der Waals surface area (Å²) in [5.74, 6) is -0.509. The molecule has 0 fully saturated rings. The van der Waals surface area contributed by atoms with Crippen LogP contribution in [0.3, 0.4) is 0 Å². The van der Waals surface area contributed by atoms with Crippen LogP contribution in [0, 0.1) is 5.92 Å². The summed E-state index contributed by atoms with van der Waals surface area (Å²) in [6, 6.07) is 8.73. The number of sulfone groups is 1. The van der Waals surface area contributed by atoms with E-state index >= 15 is 0 Å². The molecule has 0 aliphatic carbocycles. The van der Waals surface area contributed by atoms with Crippen LogP contribution in [0.15, 0.2) is 40.0 Å². The number of aromatic nitrogens is 2. The normalized spacial score (nSPS) is 11.6. The van der Waals surface area contributed by atoms with Gasteiger partial charge < -0.3 is 9.73 Å². The minimum atomic E-state index is -3.70. The number of nitrogens with zero attached hydrogens (tertiary/aromatic N) is 2. The molecule has 1 heterocycles. The SMILES string of the molecule is CC(C)C(=O)NCc1nnc(S(=O)(=O)Cc2ccccc2)o1. The molecule has 7 nitrogen and oxygen atoms in total. The average molecular weight is 323 g/mol. The van der Waals surface area contributed by atoms with Gasteiger partial charge in [0, 0.05) is 5.92 Å². The number of amides is 1. The molecule has 1 amide bonds. The molecule has 0 unspecified atom stereocenters. The van der Waals surface area contributed by atoms with Crippen molar-refractivity contribution in [3.05, 3.63) is 41.8 Å². The maximum Gasteiger partial charge on any atom is 0.335 e. The van der Waals surface area contributed by atoms with Crippen LogP contribution >= 0.6 is 0 Å². The van der Waals surface area contributed by atoms with Crippen molar-refractivity contribution in [2.75, 3.05) is 0 Å². The molecule has 8 heteroatoms. The highest BCUT2D eigenvalue weighted by Gasteiger charge is 2.23. The topological polar surface area (TPSA) is 102 Å². The Morgan fingerprint density at radius 3 is 2.55 bits per heavy atom. The van der Waals surface area contributed by atoms with Crippen molar-refractivity contribution in [2.45, 2.75) is 31.4 Å². The lowest BCUT2D eigenvalue weighted by atomic mass is 10.2. The van der Waals surface area contributed by atoms with Crippen LogP contribution in [-0.4, -0.2) is 24.5 Å². The molecular formula is C14H17N3O4S. The minimum absolute atomic E-state index is 0.00483. The van der Waals surface area contributed by atoms with Crippen molar-refractivity contribution >= 4 is 15.7 Å². The number of carbonyl (C=O) groups excluding carboxylic acids is 1. The third kappa shape index (κ3) is 4.14. The van der Waals surface area contributed by atoms with E-state index in [0.717, 1.165) is 0 Å². The number of hydrogen-bond donors (Lipinski definition) is 1. The Kier molecular flexibility index (Phi) is 4.92. The van der Waals surface area contributed by atoms with Crippen molar-refractivity contribution in [1.82, 2.24) is 15.5 Å². The van der Waals surface area contributed by atoms with Crippen molar-refractivity contribution < 1.29 is 17.6 Å². The van der Waals surface area contributed by atoms with E-state index in [2.05, 4.69) is 15.5 Å². The fraction of sp³-hybridized carbons (Fsp3) is 0.357. The van der Waals surface area contributed by atoms with Crippen molar-refractivity contribution in [3.63, 3.8) is 0 Å². The zero-order valence-electron chi connectivity index (χ0n) is 12.3. The molecule has 1 N–H and O–H groups in total. The number of benzene rings is 1. The van der Waals surface area contributed by atoms with E-state index < -0.39 is 15.1 Å². The van der Waals surface area contributed by atoms with Gasteiger partial charge in [-0.15, -0.1) is 5.10 Å². The molecule has 1 aromatic carbocycles. The second kappa shape index (κ2) is 6.69. The highest BCUT2D eigenvalue weighted by molar-refractivity contribution is 7.90. The molecule has 1 aromatic heterocycles. The van der Waals surface area contributed by atoms with Crippen LogP contribution in [0.25, 0.3) is 0 Å². The summed E-state index contributed by atoms with van der Waals surface area (Å²) in [6.07, 6.45) is 0. The maximum absolute atomic E-state index is 12.2. The summed E-state index contributed by atoms with van der Waals surface area (Å²) < 4.78 is 29.5. The van der Waals surface area contributed by atoms with Gasteiger partial charge in [-0.25, -0.2) is 8.42 Å². The minimum Gasteiger partial charge on any atom is -0.411 e. The predicted octanol–water partition coefficient (Wildman–Crippen LogP) is 1.32. The first-order chi connectivity index (χ1) is 10.4. The first-order valence-electron chi connectivity index (χ1n) is 6.75. The van der Waals surface area contributed by atoms with E-state index in [1.807, 2.05) is 0 Å². The van der Waals surface area contributed by atoms with Gasteiger partial charge in [0.05, 0.1) is 12.3 Å². The lowest BCUT2D eigenvalue weighted by molar-refractivity contribution is -0.124. The van der Waals surface area contributed by atoms with E-state index in [9.17, 15) is 13.2 Å². The summed E-state index contributed by atoms with van der Waals surface area (Å²) in [4.78, 5) is 11.4. The summed E-state index contributed by atoms with van der Waals surface area (Å²) in [6.45, 7) is 3.50. The molecule has 0 saturated heterocycles. The van der Waals surface area contributed by atoms with Gasteiger partial charge in [-0.2, -0.15) is 0 Å². The van der Waals surface area contributed by atoms with Crippen molar-refractivity contribution in [3.8, 4) is 0 Å². The Labute approximate surface area is 128 Å². The van der Waals surface area contributed by atoms with Crippen LogP contribution in [0.1, 0.15) is 25.3 Å². The molecule has 0 spiro atoms. The van der Waals surface area contributed by atoms with Crippen LogP contribution in [-0.2, 0) is 26.9 Å². The van der Waals surface area contributed by atoms with Gasteiger partial charge in [-0.3, -0.25) is 4.79 Å². The molecule has 0 aliphatic heterocycles. The molecule has 0 saturated carbocycles. The molecule has 0 aliphatic rings. The van der Waals surface area contributed by atoms with Crippen LogP contribution < -0.4 is 5.32 Å². The largest absolute Gasteiger partial charge is 0.411 e. The van der Waals surface area contributed by atoms with Gasteiger partial charge in [0.2, 0.25) is 21.6 Å². The van der Waals surface area contributed by atoms with Gasteiger partial charge in [-0.1, -0.05) is 49.3 Å². The molecular weight excluding hydrogens is 306 g/mol. The first-order valence-corrected chi connectivity index (χ1v) is 8.40. The van der Waals surface area contributed by atoms with Gasteiger partial charge in [0.1, 0.15) is 0 Å². The fourth-order valence-corrected chi connectivity index (χ4v) is 2.80. The Balaban J connectivity index is 2.05. The van der Waals surface area contributed by atoms with Crippen LogP contribution in [0.4, 0.5) is 0 Å². The number of carbonyl (C=O) groups is 1. The second-order valence-corrected chi connectivity index (χ2v) is 6.95. The summed E-state index contributed by atoms with van der Waals surface area (Å²) >= 11 is 0. The number of nitrogens with one attached hydrogen (secondary N) is 1. The third-order valence-electron chi connectivity index (χ3n) is 2.85. The van der Waals surface area contributed by atoms with E-state index in [4.69, 9.17) is 4.42 Å². The molecule has 0 atom stereocenters. The van der Waals surface area contributed by atoms with Crippen molar-refractivity contribution in [2.24, 2.45) is 5.92 Å². The third-order valence-corrected chi connectivity index (χ3v) is 4.26. The average Bonchev–Trinajstić information content (AvgIpc) is 2.95. The van der Waals surface area contributed by atoms with Gasteiger partial charge in [-0.05, 0) is 5.56 Å². The smallest absolute Gasteiger partial charge is 0.335 e. The Morgan fingerprint density at radius 2 is 1.91 bits per heavy atom. The zero-order chi connectivity index (χ0) is 16.2. The Bertz CT molecular complexity index is 738. The molecule has 0 radical (unpaired) electrons. The molecule has 2 aromatic rings. The predicted molar refractivity (Wildman–Crippen MR) is 78.3 cm³/mol. The fourth-order valence-electron chi connectivity index (χ4n) is 1.66. The highest BCUT2D eigenvalue weighted by atomic mass is 32.2. The van der Waals surface area contributed by atoms with Crippen molar-refractivity contribution in [1.29, 1.82) is 0 Å². The molecule has 2 rings (SSSR count). The van der Waals surface area contributed by atoms with Gasteiger partial charge in [0.15, 0.2) is 0 Å². The molecule has 118 valence electrons. The summed E-state index contributed by atoms with van der Waals surface area (Å²) in [5, 5.41) is 9.34. The van der Waals surface area contributed by atoms with E-state index in [-0.39, 0.29) is 30.0 Å². The van der Waals surface area contributed by atoms with Gasteiger partial charge in [0.25, 0.3) is 0 Å². The summed E-state index contributed by atoms with van der Waals surface area (Å²) in [7, 11) is -3.70. The van der Waals surface area contributed by atoms with Crippen LogP contribution in [0.2, 0.25) is 0 Å². The second-order valence-electron chi connectivity index (χ2n) is 5.08. The Morgan fingerprint density at radius 1 is 1.23 bits per heavy atom. The molecule has 22 heavy (non-hydrogen) atoms. The van der Waals surface area contributed by atoms with E-state index in [1.54, 1.807) is 44.2 Å².